The molecule has 0 spiro atoms. The lowest BCUT2D eigenvalue weighted by Crippen LogP contribution is -2.31. The molecule has 112 valence electrons. The monoisotopic (exact) mass is 325 g/mol. The first-order valence-electron chi connectivity index (χ1n) is 6.13. The van der Waals surface area contributed by atoms with Crippen LogP contribution >= 0.6 is 11.3 Å². The van der Waals surface area contributed by atoms with Crippen molar-refractivity contribution in [2.75, 3.05) is 11.6 Å². The summed E-state index contributed by atoms with van der Waals surface area (Å²) in [5.41, 5.74) is 0.816. The maximum absolute atomic E-state index is 11.8. The molecule has 0 radical (unpaired) electrons. The van der Waals surface area contributed by atoms with E-state index in [1.807, 2.05) is 6.92 Å². The van der Waals surface area contributed by atoms with Crippen LogP contribution in [-0.2, 0) is 9.84 Å². The molecular weight excluding hydrogens is 310 g/mol. The molecule has 0 fully saturated rings. The highest BCUT2D eigenvalue weighted by atomic mass is 32.2. The number of carbonyl (C=O) groups excluding carboxylic acids is 1. The highest BCUT2D eigenvalue weighted by Crippen LogP contribution is 2.17. The van der Waals surface area contributed by atoms with Gasteiger partial charge in [-0.15, -0.1) is 11.3 Å². The van der Waals surface area contributed by atoms with Crippen LogP contribution in [-0.4, -0.2) is 25.7 Å². The molecule has 1 heterocycles. The maximum atomic E-state index is 11.8. The van der Waals surface area contributed by atoms with E-state index < -0.39 is 9.84 Å². The second-order valence-corrected chi connectivity index (χ2v) is 7.41. The molecule has 2 rings (SSSR count). The Hall–Kier alpha value is -1.93. The van der Waals surface area contributed by atoms with Crippen molar-refractivity contribution in [3.8, 4) is 0 Å². The molecule has 0 aliphatic rings. The number of urea groups is 1. The van der Waals surface area contributed by atoms with Crippen molar-refractivity contribution in [3.05, 3.63) is 41.4 Å². The molecule has 2 amide bonds. The lowest BCUT2D eigenvalue weighted by Gasteiger charge is -2.14. The normalized spacial score (nSPS) is 12.7. The van der Waals surface area contributed by atoms with Crippen molar-refractivity contribution in [1.82, 2.24) is 10.3 Å². The second-order valence-electron chi connectivity index (χ2n) is 4.50. The van der Waals surface area contributed by atoms with Gasteiger partial charge in [-0.2, -0.15) is 0 Å². The van der Waals surface area contributed by atoms with Crippen molar-refractivity contribution in [3.63, 3.8) is 0 Å². The first-order valence-corrected chi connectivity index (χ1v) is 8.90. The third kappa shape index (κ3) is 4.27. The number of carbonyl (C=O) groups is 1. The number of thiazole rings is 1. The predicted molar refractivity (Wildman–Crippen MR) is 82.2 cm³/mol. The summed E-state index contributed by atoms with van der Waals surface area (Å²) < 4.78 is 22.8. The number of aromatic nitrogens is 1. The number of hydrogen-bond acceptors (Lipinski definition) is 5. The third-order valence-corrected chi connectivity index (χ3v) is 4.63. The number of nitrogens with zero attached hydrogens (tertiary/aromatic N) is 1. The summed E-state index contributed by atoms with van der Waals surface area (Å²) >= 11 is 1.33. The van der Waals surface area contributed by atoms with Crippen LogP contribution in [0.3, 0.4) is 0 Å². The Morgan fingerprint density at radius 2 is 1.95 bits per heavy atom. The van der Waals surface area contributed by atoms with E-state index >= 15 is 0 Å². The fourth-order valence-electron chi connectivity index (χ4n) is 1.70. The topological polar surface area (TPSA) is 88.2 Å². The van der Waals surface area contributed by atoms with Crippen LogP contribution in [0.1, 0.15) is 18.5 Å². The molecule has 21 heavy (non-hydrogen) atoms. The molecule has 1 aromatic heterocycles. The summed E-state index contributed by atoms with van der Waals surface area (Å²) in [6, 6.07) is 5.82. The molecule has 0 saturated heterocycles. The van der Waals surface area contributed by atoms with Crippen molar-refractivity contribution in [2.24, 2.45) is 0 Å². The van der Waals surface area contributed by atoms with E-state index in [9.17, 15) is 13.2 Å². The van der Waals surface area contributed by atoms with Crippen molar-refractivity contribution >= 4 is 32.3 Å². The fraction of sp³-hybridized carbons (Fsp3) is 0.231. The van der Waals surface area contributed by atoms with Crippen molar-refractivity contribution < 1.29 is 13.2 Å². The fourth-order valence-corrected chi connectivity index (χ4v) is 2.86. The predicted octanol–water partition coefficient (Wildman–Crippen LogP) is 2.43. The van der Waals surface area contributed by atoms with Crippen molar-refractivity contribution in [1.29, 1.82) is 0 Å². The van der Waals surface area contributed by atoms with Gasteiger partial charge in [-0.1, -0.05) is 12.1 Å². The van der Waals surface area contributed by atoms with Crippen LogP contribution in [0, 0.1) is 0 Å². The summed E-state index contributed by atoms with van der Waals surface area (Å²) in [5.74, 6) is 0. The first-order chi connectivity index (χ1) is 9.86. The average Bonchev–Trinajstić information content (AvgIpc) is 2.90. The van der Waals surface area contributed by atoms with Gasteiger partial charge in [0.25, 0.3) is 0 Å². The Morgan fingerprint density at radius 1 is 1.29 bits per heavy atom. The molecule has 2 N–H and O–H groups in total. The zero-order valence-electron chi connectivity index (χ0n) is 11.5. The van der Waals surface area contributed by atoms with E-state index in [2.05, 4.69) is 15.6 Å². The molecule has 0 aliphatic carbocycles. The molecular formula is C13H15N3O3S2. The zero-order valence-corrected chi connectivity index (χ0v) is 13.2. The van der Waals surface area contributed by atoms with Gasteiger partial charge in [-0.3, -0.25) is 5.32 Å². The maximum Gasteiger partial charge on any atom is 0.321 e. The highest BCUT2D eigenvalue weighted by molar-refractivity contribution is 7.90. The highest BCUT2D eigenvalue weighted by Gasteiger charge is 2.12. The summed E-state index contributed by atoms with van der Waals surface area (Å²) in [7, 11) is -3.21. The quantitative estimate of drug-likeness (QED) is 0.903. The molecule has 1 atom stereocenters. The minimum absolute atomic E-state index is 0.251. The largest absolute Gasteiger partial charge is 0.331 e. The van der Waals surface area contributed by atoms with Gasteiger partial charge in [0.2, 0.25) is 0 Å². The lowest BCUT2D eigenvalue weighted by molar-refractivity contribution is 0.249. The van der Waals surface area contributed by atoms with E-state index in [4.69, 9.17) is 0 Å². The van der Waals surface area contributed by atoms with Gasteiger partial charge in [-0.25, -0.2) is 18.2 Å². The Balaban J connectivity index is 2.00. The summed E-state index contributed by atoms with van der Waals surface area (Å²) in [4.78, 5) is 16.0. The van der Waals surface area contributed by atoms with Crippen LogP contribution < -0.4 is 10.6 Å². The van der Waals surface area contributed by atoms with Gasteiger partial charge in [0.1, 0.15) is 0 Å². The van der Waals surface area contributed by atoms with Gasteiger partial charge >= 0.3 is 6.03 Å². The Morgan fingerprint density at radius 3 is 2.48 bits per heavy atom. The molecule has 0 unspecified atom stereocenters. The van der Waals surface area contributed by atoms with E-state index in [0.29, 0.717) is 5.13 Å². The summed E-state index contributed by atoms with van der Waals surface area (Å²) in [6.07, 6.45) is 2.76. The average molecular weight is 325 g/mol. The van der Waals surface area contributed by atoms with Gasteiger partial charge in [0, 0.05) is 17.8 Å². The van der Waals surface area contributed by atoms with Crippen LogP contribution in [0.5, 0.6) is 0 Å². The molecule has 0 aliphatic heterocycles. The van der Waals surface area contributed by atoms with Crippen LogP contribution in [0.15, 0.2) is 40.7 Å². The van der Waals surface area contributed by atoms with Crippen LogP contribution in [0.4, 0.5) is 9.93 Å². The number of hydrogen-bond donors (Lipinski definition) is 2. The van der Waals surface area contributed by atoms with E-state index in [1.165, 1.54) is 23.5 Å². The van der Waals surface area contributed by atoms with Gasteiger partial charge in [0.05, 0.1) is 10.9 Å². The number of sulfone groups is 1. The third-order valence-electron chi connectivity index (χ3n) is 2.81. The Kier molecular flexibility index (Phi) is 4.59. The number of rotatable bonds is 4. The van der Waals surface area contributed by atoms with E-state index in [0.717, 1.165) is 11.8 Å². The Bertz CT molecular complexity index is 710. The molecule has 0 saturated carbocycles. The number of nitrogens with one attached hydrogen (secondary N) is 2. The number of amides is 2. The first kappa shape index (κ1) is 15.5. The van der Waals surface area contributed by atoms with Crippen LogP contribution in [0.2, 0.25) is 0 Å². The molecule has 0 bridgehead atoms. The van der Waals surface area contributed by atoms with E-state index in [-0.39, 0.29) is 17.0 Å². The minimum Gasteiger partial charge on any atom is -0.331 e. The van der Waals surface area contributed by atoms with Crippen LogP contribution in [0.25, 0.3) is 0 Å². The van der Waals surface area contributed by atoms with Crippen molar-refractivity contribution in [2.45, 2.75) is 17.9 Å². The standard InChI is InChI=1S/C13H15N3O3S2/c1-9(15-12(17)16-13-14-7-8-20-13)10-3-5-11(6-4-10)21(2,18)19/h3-9H,1-2H3,(H2,14,15,16,17)/t9-/m0/s1. The minimum atomic E-state index is -3.21. The van der Waals surface area contributed by atoms with Gasteiger partial charge < -0.3 is 5.32 Å². The lowest BCUT2D eigenvalue weighted by atomic mass is 10.1. The molecule has 8 heteroatoms. The molecule has 1 aromatic carbocycles. The molecule has 2 aromatic rings. The number of benzene rings is 1. The number of anilines is 1. The second kappa shape index (κ2) is 6.23. The van der Waals surface area contributed by atoms with Gasteiger partial charge in [0.15, 0.2) is 15.0 Å². The van der Waals surface area contributed by atoms with Gasteiger partial charge in [-0.05, 0) is 24.6 Å². The summed E-state index contributed by atoms with van der Waals surface area (Å²) in [6.45, 7) is 1.82. The zero-order chi connectivity index (χ0) is 15.5. The SMILES string of the molecule is C[C@H](NC(=O)Nc1nccs1)c1ccc(S(C)(=O)=O)cc1. The van der Waals surface area contributed by atoms with E-state index in [1.54, 1.807) is 23.7 Å². The smallest absolute Gasteiger partial charge is 0.321 e. The Labute approximate surface area is 127 Å². The summed E-state index contributed by atoms with van der Waals surface area (Å²) in [5, 5.41) is 7.67. The molecule has 6 nitrogen and oxygen atoms in total.